The van der Waals surface area contributed by atoms with Gasteiger partial charge in [0.15, 0.2) is 0 Å². The minimum atomic E-state index is -0.151. The van der Waals surface area contributed by atoms with Gasteiger partial charge >= 0.3 is 0 Å². The zero-order valence-corrected chi connectivity index (χ0v) is 12.0. The van der Waals surface area contributed by atoms with Crippen LogP contribution in [0.25, 0.3) is 0 Å². The maximum atomic E-state index is 12.0. The third-order valence-corrected chi connectivity index (χ3v) is 3.45. The van der Waals surface area contributed by atoms with Crippen LogP contribution in [-0.2, 0) is 9.53 Å². The summed E-state index contributed by atoms with van der Waals surface area (Å²) < 4.78 is 5.33. The van der Waals surface area contributed by atoms with Crippen LogP contribution in [0.4, 0.5) is 0 Å². The number of amides is 1. The molecule has 0 radical (unpaired) electrons. The molecule has 2 N–H and O–H groups in total. The van der Waals surface area contributed by atoms with Crippen molar-refractivity contribution in [1.82, 2.24) is 10.6 Å². The molecule has 0 aromatic heterocycles. The minimum absolute atomic E-state index is 0.116. The van der Waals surface area contributed by atoms with Gasteiger partial charge in [-0.3, -0.25) is 4.79 Å². The number of hydrogen-bond acceptors (Lipinski definition) is 3. The molecule has 18 heavy (non-hydrogen) atoms. The van der Waals surface area contributed by atoms with Gasteiger partial charge in [-0.25, -0.2) is 0 Å². The van der Waals surface area contributed by atoms with Crippen LogP contribution in [0.5, 0.6) is 0 Å². The minimum Gasteiger partial charge on any atom is -0.380 e. The van der Waals surface area contributed by atoms with Crippen molar-refractivity contribution in [3.8, 4) is 0 Å². The van der Waals surface area contributed by atoms with Gasteiger partial charge in [0, 0.05) is 18.7 Å². The van der Waals surface area contributed by atoms with Gasteiger partial charge in [0.05, 0.1) is 12.6 Å². The summed E-state index contributed by atoms with van der Waals surface area (Å²) in [5.74, 6) is 0.116. The Balaban J connectivity index is 2.22. The van der Waals surface area contributed by atoms with Crippen molar-refractivity contribution in [1.29, 1.82) is 0 Å². The first-order valence-electron chi connectivity index (χ1n) is 7.27. The zero-order chi connectivity index (χ0) is 13.4. The van der Waals surface area contributed by atoms with Crippen LogP contribution in [-0.4, -0.2) is 37.2 Å². The van der Waals surface area contributed by atoms with Crippen molar-refractivity contribution < 1.29 is 9.53 Å². The van der Waals surface area contributed by atoms with Crippen LogP contribution in [0.2, 0.25) is 0 Å². The fourth-order valence-corrected chi connectivity index (χ4v) is 2.42. The van der Waals surface area contributed by atoms with E-state index in [-0.39, 0.29) is 18.0 Å². The Morgan fingerprint density at radius 3 is 2.56 bits per heavy atom. The molecule has 0 saturated heterocycles. The third kappa shape index (κ3) is 5.83. The highest BCUT2D eigenvalue weighted by Crippen LogP contribution is 2.17. The summed E-state index contributed by atoms with van der Waals surface area (Å²) in [4.78, 5) is 12.0. The Morgan fingerprint density at radius 1 is 1.28 bits per heavy atom. The molecule has 2 atom stereocenters. The fraction of sp³-hybridized carbons (Fsp3) is 0.929. The van der Waals surface area contributed by atoms with E-state index in [9.17, 15) is 4.79 Å². The number of carbonyl (C=O) groups is 1. The largest absolute Gasteiger partial charge is 0.380 e. The monoisotopic (exact) mass is 256 g/mol. The van der Waals surface area contributed by atoms with E-state index in [0.717, 1.165) is 12.8 Å². The molecule has 1 fully saturated rings. The molecule has 0 spiro atoms. The summed E-state index contributed by atoms with van der Waals surface area (Å²) in [7, 11) is 0. The van der Waals surface area contributed by atoms with Crippen molar-refractivity contribution in [3.05, 3.63) is 0 Å². The molecule has 2 unspecified atom stereocenters. The Bertz CT molecular complexity index is 240. The summed E-state index contributed by atoms with van der Waals surface area (Å²) in [6, 6.07) is 0.442. The Hall–Kier alpha value is -0.610. The highest BCUT2D eigenvalue weighted by Gasteiger charge is 2.20. The van der Waals surface area contributed by atoms with Crippen LogP contribution in [0.1, 0.15) is 52.9 Å². The molecule has 4 heteroatoms. The maximum Gasteiger partial charge on any atom is 0.237 e. The fourth-order valence-electron chi connectivity index (χ4n) is 2.42. The SMILES string of the molecule is CCOCC(C)NC(C)C(=O)NC1CCCCC1. The number of rotatable bonds is 7. The first-order valence-corrected chi connectivity index (χ1v) is 7.27. The van der Waals surface area contributed by atoms with Crippen LogP contribution in [0.15, 0.2) is 0 Å². The number of carbonyl (C=O) groups excluding carboxylic acids is 1. The average molecular weight is 256 g/mol. The molecule has 0 aromatic rings. The normalized spacial score (nSPS) is 20.4. The summed E-state index contributed by atoms with van der Waals surface area (Å²) in [5, 5.41) is 6.40. The maximum absolute atomic E-state index is 12.0. The van der Waals surface area contributed by atoms with Crippen LogP contribution >= 0.6 is 0 Å². The second-order valence-electron chi connectivity index (χ2n) is 5.29. The second kappa shape index (κ2) is 8.48. The highest BCUT2D eigenvalue weighted by atomic mass is 16.5. The first kappa shape index (κ1) is 15.4. The van der Waals surface area contributed by atoms with Crippen molar-refractivity contribution in [2.24, 2.45) is 0 Å². The van der Waals surface area contributed by atoms with E-state index in [1.165, 1.54) is 19.3 Å². The van der Waals surface area contributed by atoms with E-state index >= 15 is 0 Å². The van der Waals surface area contributed by atoms with Crippen LogP contribution in [0, 0.1) is 0 Å². The van der Waals surface area contributed by atoms with E-state index in [2.05, 4.69) is 10.6 Å². The third-order valence-electron chi connectivity index (χ3n) is 3.45. The molecular weight excluding hydrogens is 228 g/mol. The molecule has 0 aromatic carbocycles. The van der Waals surface area contributed by atoms with Gasteiger partial charge < -0.3 is 15.4 Å². The van der Waals surface area contributed by atoms with E-state index in [0.29, 0.717) is 19.3 Å². The standard InChI is InChI=1S/C14H28N2O2/c1-4-18-10-11(2)15-12(3)14(17)16-13-8-6-5-7-9-13/h11-13,15H,4-10H2,1-3H3,(H,16,17). The molecule has 0 aliphatic heterocycles. The molecule has 0 heterocycles. The second-order valence-corrected chi connectivity index (χ2v) is 5.29. The molecule has 0 bridgehead atoms. The number of nitrogens with one attached hydrogen (secondary N) is 2. The summed E-state index contributed by atoms with van der Waals surface area (Å²) in [6.07, 6.45) is 6.06. The van der Waals surface area contributed by atoms with Gasteiger partial charge in [0.2, 0.25) is 5.91 Å². The van der Waals surface area contributed by atoms with Gasteiger partial charge in [0.1, 0.15) is 0 Å². The predicted molar refractivity (Wildman–Crippen MR) is 73.6 cm³/mol. The Kier molecular flexibility index (Phi) is 7.28. The molecule has 1 amide bonds. The molecule has 1 aliphatic carbocycles. The summed E-state index contributed by atoms with van der Waals surface area (Å²) >= 11 is 0. The van der Waals surface area contributed by atoms with E-state index in [1.807, 2.05) is 20.8 Å². The quantitative estimate of drug-likeness (QED) is 0.731. The lowest BCUT2D eigenvalue weighted by molar-refractivity contribution is -0.123. The van der Waals surface area contributed by atoms with Gasteiger partial charge in [-0.05, 0) is 33.6 Å². The van der Waals surface area contributed by atoms with Gasteiger partial charge in [-0.2, -0.15) is 0 Å². The zero-order valence-electron chi connectivity index (χ0n) is 12.0. The lowest BCUT2D eigenvalue weighted by Crippen LogP contribution is -2.50. The predicted octanol–water partition coefficient (Wildman–Crippen LogP) is 1.84. The van der Waals surface area contributed by atoms with E-state index < -0.39 is 0 Å². The van der Waals surface area contributed by atoms with E-state index in [1.54, 1.807) is 0 Å². The van der Waals surface area contributed by atoms with Gasteiger partial charge in [-0.1, -0.05) is 19.3 Å². The highest BCUT2D eigenvalue weighted by molar-refractivity contribution is 5.81. The number of hydrogen-bond donors (Lipinski definition) is 2. The van der Waals surface area contributed by atoms with Crippen molar-refractivity contribution in [2.75, 3.05) is 13.2 Å². The Labute approximate surface area is 111 Å². The van der Waals surface area contributed by atoms with Gasteiger partial charge in [-0.15, -0.1) is 0 Å². The van der Waals surface area contributed by atoms with Crippen LogP contribution < -0.4 is 10.6 Å². The first-order chi connectivity index (χ1) is 8.63. The molecule has 1 saturated carbocycles. The van der Waals surface area contributed by atoms with E-state index in [4.69, 9.17) is 4.74 Å². The molecule has 1 rings (SSSR count). The molecule has 1 aliphatic rings. The van der Waals surface area contributed by atoms with Crippen molar-refractivity contribution in [2.45, 2.75) is 71.0 Å². The molecular formula is C14H28N2O2. The van der Waals surface area contributed by atoms with Crippen molar-refractivity contribution in [3.63, 3.8) is 0 Å². The Morgan fingerprint density at radius 2 is 1.94 bits per heavy atom. The summed E-state index contributed by atoms with van der Waals surface area (Å²) in [5.41, 5.74) is 0. The number of ether oxygens (including phenoxy) is 1. The summed E-state index contributed by atoms with van der Waals surface area (Å²) in [6.45, 7) is 7.30. The molecule has 4 nitrogen and oxygen atoms in total. The average Bonchev–Trinajstić information content (AvgIpc) is 2.37. The van der Waals surface area contributed by atoms with Crippen LogP contribution in [0.3, 0.4) is 0 Å². The lowest BCUT2D eigenvalue weighted by Gasteiger charge is -2.26. The smallest absolute Gasteiger partial charge is 0.237 e. The molecule has 106 valence electrons. The topological polar surface area (TPSA) is 50.4 Å². The van der Waals surface area contributed by atoms with Crippen molar-refractivity contribution >= 4 is 5.91 Å². The lowest BCUT2D eigenvalue weighted by atomic mass is 9.95. The van der Waals surface area contributed by atoms with Gasteiger partial charge in [0.25, 0.3) is 0 Å².